The molecule has 6 nitrogen and oxygen atoms in total. The molecule has 0 unspecified atom stereocenters. The average Bonchev–Trinajstić information content (AvgIpc) is 2.23. The van der Waals surface area contributed by atoms with Crippen molar-refractivity contribution >= 4 is 34.9 Å². The number of hydrogen-bond acceptors (Lipinski definition) is 5. The largest absolute Gasteiger partial charge is 0.367 e. The van der Waals surface area contributed by atoms with Crippen LogP contribution in [-0.2, 0) is 4.79 Å². The third-order valence-corrected chi connectivity index (χ3v) is 1.96. The molecule has 0 aliphatic rings. The number of halogens is 2. The molecule has 0 saturated heterocycles. The van der Waals surface area contributed by atoms with Crippen molar-refractivity contribution in [1.29, 1.82) is 0 Å². The van der Waals surface area contributed by atoms with Gasteiger partial charge in [-0.1, -0.05) is 11.6 Å². The maximum atomic E-state index is 10.9. The molecule has 1 amide bonds. The number of anilines is 1. The van der Waals surface area contributed by atoms with Crippen LogP contribution >= 0.6 is 23.2 Å². The molecule has 0 fully saturated rings. The highest BCUT2D eigenvalue weighted by Gasteiger charge is 2.05. The normalized spacial score (nSPS) is 9.80. The van der Waals surface area contributed by atoms with Crippen molar-refractivity contribution in [3.8, 4) is 0 Å². The molecule has 0 saturated carbocycles. The van der Waals surface area contributed by atoms with Gasteiger partial charge >= 0.3 is 0 Å². The predicted octanol–water partition coefficient (Wildman–Crippen LogP) is 0.726. The minimum absolute atomic E-state index is 0.00171. The van der Waals surface area contributed by atoms with E-state index in [4.69, 9.17) is 23.2 Å². The Balaban J connectivity index is 2.50. The van der Waals surface area contributed by atoms with Crippen LogP contribution in [0.2, 0.25) is 10.4 Å². The Bertz CT molecular complexity index is 359. The van der Waals surface area contributed by atoms with Crippen LogP contribution in [0.1, 0.15) is 6.42 Å². The van der Waals surface area contributed by atoms with Gasteiger partial charge in [0, 0.05) is 20.0 Å². The molecule has 0 bridgehead atoms. The lowest BCUT2D eigenvalue weighted by molar-refractivity contribution is -0.120. The molecule has 82 valence electrons. The van der Waals surface area contributed by atoms with Gasteiger partial charge in [-0.3, -0.25) is 4.79 Å². The second kappa shape index (κ2) is 5.67. The van der Waals surface area contributed by atoms with Gasteiger partial charge in [0.15, 0.2) is 11.0 Å². The molecule has 0 radical (unpaired) electrons. The van der Waals surface area contributed by atoms with Gasteiger partial charge < -0.3 is 10.6 Å². The molecule has 0 aliphatic carbocycles. The van der Waals surface area contributed by atoms with Crippen LogP contribution in [0.15, 0.2) is 0 Å². The zero-order valence-electron chi connectivity index (χ0n) is 7.92. The SMILES string of the molecule is CNC(=O)CCNc1nc(Cl)nnc1Cl. The fourth-order valence-corrected chi connectivity index (χ4v) is 1.09. The van der Waals surface area contributed by atoms with E-state index in [1.807, 2.05) is 0 Å². The van der Waals surface area contributed by atoms with E-state index in [0.29, 0.717) is 18.8 Å². The highest BCUT2D eigenvalue weighted by atomic mass is 35.5. The Morgan fingerprint density at radius 2 is 2.13 bits per heavy atom. The lowest BCUT2D eigenvalue weighted by Gasteiger charge is -2.05. The summed E-state index contributed by atoms with van der Waals surface area (Å²) in [5.74, 6) is 0.243. The van der Waals surface area contributed by atoms with Crippen molar-refractivity contribution in [2.45, 2.75) is 6.42 Å². The summed E-state index contributed by atoms with van der Waals surface area (Å²) < 4.78 is 0. The summed E-state index contributed by atoms with van der Waals surface area (Å²) in [6, 6.07) is 0. The van der Waals surface area contributed by atoms with Crippen molar-refractivity contribution in [3.63, 3.8) is 0 Å². The first kappa shape index (κ1) is 11.9. The van der Waals surface area contributed by atoms with Crippen molar-refractivity contribution in [2.75, 3.05) is 18.9 Å². The topological polar surface area (TPSA) is 79.8 Å². The highest BCUT2D eigenvalue weighted by molar-refractivity contribution is 6.32. The van der Waals surface area contributed by atoms with Gasteiger partial charge in [0.05, 0.1) is 0 Å². The first-order chi connectivity index (χ1) is 7.13. The fourth-order valence-electron chi connectivity index (χ4n) is 0.825. The van der Waals surface area contributed by atoms with Crippen molar-refractivity contribution in [1.82, 2.24) is 20.5 Å². The number of aromatic nitrogens is 3. The zero-order chi connectivity index (χ0) is 11.3. The van der Waals surface area contributed by atoms with E-state index < -0.39 is 0 Å². The van der Waals surface area contributed by atoms with E-state index in [2.05, 4.69) is 25.8 Å². The van der Waals surface area contributed by atoms with Gasteiger partial charge in [-0.05, 0) is 11.6 Å². The summed E-state index contributed by atoms with van der Waals surface area (Å²) >= 11 is 11.2. The van der Waals surface area contributed by atoms with Crippen molar-refractivity contribution in [3.05, 3.63) is 10.4 Å². The molecule has 0 aromatic carbocycles. The molecule has 2 N–H and O–H groups in total. The minimum Gasteiger partial charge on any atom is -0.367 e. The minimum atomic E-state index is -0.0771. The Hall–Kier alpha value is -1.14. The highest BCUT2D eigenvalue weighted by Crippen LogP contribution is 2.15. The number of nitrogens with zero attached hydrogens (tertiary/aromatic N) is 3. The molecule has 1 rings (SSSR count). The maximum absolute atomic E-state index is 10.9. The summed E-state index contributed by atoms with van der Waals surface area (Å²) in [6.07, 6.45) is 0.314. The van der Waals surface area contributed by atoms with E-state index in [9.17, 15) is 4.79 Å². The quantitative estimate of drug-likeness (QED) is 0.823. The van der Waals surface area contributed by atoms with Crippen LogP contribution in [0.5, 0.6) is 0 Å². The van der Waals surface area contributed by atoms with Crippen LogP contribution in [-0.4, -0.2) is 34.7 Å². The summed E-state index contributed by atoms with van der Waals surface area (Å²) in [5.41, 5.74) is 0. The number of carbonyl (C=O) groups is 1. The molecular formula is C7H9Cl2N5O. The van der Waals surface area contributed by atoms with Crippen LogP contribution in [0, 0.1) is 0 Å². The molecule has 15 heavy (non-hydrogen) atoms. The van der Waals surface area contributed by atoms with E-state index >= 15 is 0 Å². The smallest absolute Gasteiger partial charge is 0.245 e. The lowest BCUT2D eigenvalue weighted by Crippen LogP contribution is -2.21. The maximum Gasteiger partial charge on any atom is 0.245 e. The third-order valence-electron chi connectivity index (χ3n) is 1.54. The zero-order valence-corrected chi connectivity index (χ0v) is 9.43. The standard InChI is InChI=1S/C7H9Cl2N5O/c1-10-4(15)2-3-11-6-5(8)13-14-7(9)12-6/h2-3H2,1H3,(H,10,15)(H,11,12,14). The van der Waals surface area contributed by atoms with E-state index in [1.165, 1.54) is 0 Å². The average molecular weight is 250 g/mol. The van der Waals surface area contributed by atoms with Gasteiger partial charge in [-0.25, -0.2) is 0 Å². The Labute approximate surface area is 96.4 Å². The molecule has 1 aromatic heterocycles. The van der Waals surface area contributed by atoms with Gasteiger partial charge in [0.25, 0.3) is 0 Å². The van der Waals surface area contributed by atoms with E-state index in [1.54, 1.807) is 7.05 Å². The number of hydrogen-bond donors (Lipinski definition) is 2. The molecule has 8 heteroatoms. The Morgan fingerprint density at radius 3 is 2.80 bits per heavy atom. The van der Waals surface area contributed by atoms with Crippen molar-refractivity contribution in [2.24, 2.45) is 0 Å². The summed E-state index contributed by atoms with van der Waals surface area (Å²) in [5, 5.41) is 12.4. The molecule has 1 heterocycles. The summed E-state index contributed by atoms with van der Waals surface area (Å²) in [7, 11) is 1.57. The molecule has 0 spiro atoms. The van der Waals surface area contributed by atoms with Gasteiger partial charge in [-0.2, -0.15) is 4.98 Å². The first-order valence-electron chi connectivity index (χ1n) is 4.13. The van der Waals surface area contributed by atoms with Gasteiger partial charge in [-0.15, -0.1) is 10.2 Å². The number of amides is 1. The third kappa shape index (κ3) is 3.85. The Kier molecular flexibility index (Phi) is 4.51. The molecular weight excluding hydrogens is 241 g/mol. The second-order valence-corrected chi connectivity index (χ2v) is 3.27. The van der Waals surface area contributed by atoms with Gasteiger partial charge in [0.2, 0.25) is 11.2 Å². The monoisotopic (exact) mass is 249 g/mol. The van der Waals surface area contributed by atoms with Crippen molar-refractivity contribution < 1.29 is 4.79 Å². The molecule has 1 aromatic rings. The van der Waals surface area contributed by atoms with Crippen LogP contribution in [0.25, 0.3) is 0 Å². The van der Waals surface area contributed by atoms with Crippen LogP contribution < -0.4 is 10.6 Å². The predicted molar refractivity (Wildman–Crippen MR) is 57.0 cm³/mol. The molecule has 0 atom stereocenters. The Morgan fingerprint density at radius 1 is 1.40 bits per heavy atom. The fraction of sp³-hybridized carbons (Fsp3) is 0.429. The number of carbonyl (C=O) groups excluding carboxylic acids is 1. The van der Waals surface area contributed by atoms with Gasteiger partial charge in [0.1, 0.15) is 0 Å². The van der Waals surface area contributed by atoms with E-state index in [-0.39, 0.29) is 16.3 Å². The first-order valence-corrected chi connectivity index (χ1v) is 4.89. The molecule has 0 aliphatic heterocycles. The lowest BCUT2D eigenvalue weighted by atomic mass is 10.4. The van der Waals surface area contributed by atoms with E-state index in [0.717, 1.165) is 0 Å². The van der Waals surface area contributed by atoms with Crippen LogP contribution in [0.4, 0.5) is 5.82 Å². The summed E-state index contributed by atoms with van der Waals surface area (Å²) in [6.45, 7) is 0.397. The van der Waals surface area contributed by atoms with Crippen LogP contribution in [0.3, 0.4) is 0 Å². The number of rotatable bonds is 4. The second-order valence-electron chi connectivity index (χ2n) is 2.57. The number of nitrogens with one attached hydrogen (secondary N) is 2. The summed E-state index contributed by atoms with van der Waals surface area (Å²) in [4.78, 5) is 14.7.